The number of rotatable bonds is 2. The van der Waals surface area contributed by atoms with E-state index in [4.69, 9.17) is 0 Å². The van der Waals surface area contributed by atoms with E-state index in [2.05, 4.69) is 79.7 Å². The maximum atomic E-state index is 2.64. The molecule has 0 radical (unpaired) electrons. The molecule has 1 heterocycles. The Morgan fingerprint density at radius 1 is 0.519 bits per heavy atom. The molecule has 0 bridgehead atoms. The monoisotopic (exact) mass is 428 g/mol. The third kappa shape index (κ3) is 2.75. The molecule has 0 aromatic heterocycles. The van der Waals surface area contributed by atoms with Gasteiger partial charge in [-0.3, -0.25) is 0 Å². The quantitative estimate of drug-likeness (QED) is 0.439. The van der Waals surface area contributed by atoms with Gasteiger partial charge >= 0.3 is 171 Å². The molecule has 1 heteroatoms. The SMILES string of the molecule is CC1C(C)C(C)[CH]([Ge]2([CH]3C(C)C(C)C(C)C3C)[CH2]c3ccccc3[CH2]2)C1C. The zero-order valence-corrected chi connectivity index (χ0v) is 21.1. The van der Waals surface area contributed by atoms with Gasteiger partial charge in [-0.05, 0) is 0 Å². The van der Waals surface area contributed by atoms with E-state index in [1.165, 1.54) is 10.5 Å². The van der Waals surface area contributed by atoms with Crippen LogP contribution in [-0.2, 0) is 10.5 Å². The van der Waals surface area contributed by atoms with Crippen molar-refractivity contribution in [1.29, 1.82) is 0 Å². The average molecular weight is 427 g/mol. The van der Waals surface area contributed by atoms with Gasteiger partial charge in [-0.25, -0.2) is 0 Å². The molecule has 150 valence electrons. The van der Waals surface area contributed by atoms with E-state index in [1.54, 1.807) is 11.1 Å². The van der Waals surface area contributed by atoms with Crippen molar-refractivity contribution in [2.24, 2.45) is 47.3 Å². The van der Waals surface area contributed by atoms with Gasteiger partial charge in [-0.15, -0.1) is 0 Å². The van der Waals surface area contributed by atoms with Gasteiger partial charge in [0, 0.05) is 0 Å². The molecule has 0 N–H and O–H groups in total. The predicted octanol–water partition coefficient (Wildman–Crippen LogP) is 7.17. The van der Waals surface area contributed by atoms with Crippen LogP contribution in [0.2, 0.25) is 9.50 Å². The second-order valence-corrected chi connectivity index (χ2v) is 20.7. The molecule has 2 fully saturated rings. The third-order valence-electron chi connectivity index (χ3n) is 10.7. The fourth-order valence-corrected chi connectivity index (χ4v) is 27.6. The minimum absolute atomic E-state index is 0.901. The van der Waals surface area contributed by atoms with Crippen molar-refractivity contribution >= 4 is 13.3 Å². The second kappa shape index (κ2) is 6.92. The van der Waals surface area contributed by atoms with Gasteiger partial charge in [-0.2, -0.15) is 0 Å². The first-order valence-corrected chi connectivity index (χ1v) is 17.2. The molecule has 2 aliphatic carbocycles. The Morgan fingerprint density at radius 2 is 0.815 bits per heavy atom. The summed E-state index contributed by atoms with van der Waals surface area (Å²) < 4.78 is 2.10. The van der Waals surface area contributed by atoms with E-state index in [1.807, 2.05) is 0 Å². The summed E-state index contributed by atoms with van der Waals surface area (Å²) in [6, 6.07) is 9.57. The molecular weight excluding hydrogens is 385 g/mol. The molecule has 4 rings (SSSR count). The zero-order chi connectivity index (χ0) is 19.7. The van der Waals surface area contributed by atoms with Crippen molar-refractivity contribution in [1.82, 2.24) is 0 Å². The van der Waals surface area contributed by atoms with E-state index < -0.39 is 13.3 Å². The Labute approximate surface area is 171 Å². The molecule has 0 amide bonds. The van der Waals surface area contributed by atoms with Gasteiger partial charge in [0.05, 0.1) is 0 Å². The summed E-state index contributed by atoms with van der Waals surface area (Å²) >= 11 is -2.18. The van der Waals surface area contributed by atoms with Crippen LogP contribution >= 0.6 is 0 Å². The Morgan fingerprint density at radius 3 is 1.11 bits per heavy atom. The molecule has 27 heavy (non-hydrogen) atoms. The fraction of sp³-hybridized carbons (Fsp3) is 0.769. The van der Waals surface area contributed by atoms with Crippen LogP contribution in [0.25, 0.3) is 0 Å². The number of fused-ring (bicyclic) bond motifs is 1. The van der Waals surface area contributed by atoms with Gasteiger partial charge in [0.2, 0.25) is 0 Å². The second-order valence-electron chi connectivity index (χ2n) is 11.3. The van der Waals surface area contributed by atoms with Gasteiger partial charge in [0.15, 0.2) is 0 Å². The van der Waals surface area contributed by atoms with Crippen LogP contribution < -0.4 is 0 Å². The van der Waals surface area contributed by atoms with Crippen LogP contribution in [0.4, 0.5) is 0 Å². The normalized spacial score (nSPS) is 48.7. The Balaban J connectivity index is 1.84. The number of hydrogen-bond acceptors (Lipinski definition) is 0. The Bertz CT molecular complexity index is 606. The number of benzene rings is 1. The van der Waals surface area contributed by atoms with Gasteiger partial charge in [-0.1, -0.05) is 0 Å². The van der Waals surface area contributed by atoms with Crippen LogP contribution in [0.15, 0.2) is 24.3 Å². The molecule has 0 nitrogen and oxygen atoms in total. The van der Waals surface area contributed by atoms with Crippen molar-refractivity contribution in [3.63, 3.8) is 0 Å². The fourth-order valence-electron chi connectivity index (χ4n) is 8.64. The summed E-state index contributed by atoms with van der Waals surface area (Å²) in [7, 11) is 0. The summed E-state index contributed by atoms with van der Waals surface area (Å²) in [4.78, 5) is 0. The Kier molecular flexibility index (Phi) is 5.14. The first kappa shape index (κ1) is 20.1. The molecular formula is C26H42Ge. The molecule has 1 aromatic rings. The first-order chi connectivity index (χ1) is 12.7. The molecule has 2 saturated carbocycles. The molecule has 0 saturated heterocycles. The molecule has 8 atom stereocenters. The van der Waals surface area contributed by atoms with E-state index in [0.29, 0.717) is 0 Å². The first-order valence-electron chi connectivity index (χ1n) is 11.8. The van der Waals surface area contributed by atoms with Gasteiger partial charge in [0.25, 0.3) is 0 Å². The van der Waals surface area contributed by atoms with E-state index in [9.17, 15) is 0 Å². The topological polar surface area (TPSA) is 0 Å². The predicted molar refractivity (Wildman–Crippen MR) is 120 cm³/mol. The van der Waals surface area contributed by atoms with E-state index in [-0.39, 0.29) is 0 Å². The summed E-state index contributed by atoms with van der Waals surface area (Å²) in [6.45, 7) is 20.8. The minimum atomic E-state index is -2.18. The standard InChI is InChI=1S/C26H42Ge/c1-15-16(2)20(6)25(19(15)5)27(13-23-11-9-10-12-24(23)14-27)26-21(7)17(3)18(4)22(26)8/h9-12,15-22,25-26H,13-14H2,1-8H3. The van der Waals surface area contributed by atoms with E-state index in [0.717, 1.165) is 56.8 Å². The van der Waals surface area contributed by atoms with E-state index >= 15 is 0 Å². The van der Waals surface area contributed by atoms with Crippen molar-refractivity contribution in [2.75, 3.05) is 0 Å². The zero-order valence-electron chi connectivity index (χ0n) is 19.0. The van der Waals surface area contributed by atoms with Crippen molar-refractivity contribution < 1.29 is 0 Å². The molecule has 8 unspecified atom stereocenters. The van der Waals surface area contributed by atoms with Crippen LogP contribution in [0, 0.1) is 47.3 Å². The van der Waals surface area contributed by atoms with Crippen LogP contribution in [-0.4, -0.2) is 13.3 Å². The van der Waals surface area contributed by atoms with Crippen LogP contribution in [0.3, 0.4) is 0 Å². The third-order valence-corrected chi connectivity index (χ3v) is 25.1. The molecule has 0 spiro atoms. The van der Waals surface area contributed by atoms with Crippen LogP contribution in [0.1, 0.15) is 66.5 Å². The number of hydrogen-bond donors (Lipinski definition) is 0. The maximum absolute atomic E-state index is 2.64. The van der Waals surface area contributed by atoms with Gasteiger partial charge < -0.3 is 0 Å². The van der Waals surface area contributed by atoms with Crippen molar-refractivity contribution in [2.45, 2.75) is 75.4 Å². The van der Waals surface area contributed by atoms with Crippen LogP contribution in [0.5, 0.6) is 0 Å². The summed E-state index contributed by atoms with van der Waals surface area (Å²) in [5.74, 6) is 7.31. The van der Waals surface area contributed by atoms with Gasteiger partial charge in [0.1, 0.15) is 0 Å². The average Bonchev–Trinajstić information content (AvgIpc) is 3.18. The molecule has 1 aromatic carbocycles. The summed E-state index contributed by atoms with van der Waals surface area (Å²) in [6.07, 6.45) is 0. The summed E-state index contributed by atoms with van der Waals surface area (Å²) in [5, 5.41) is 3.04. The summed E-state index contributed by atoms with van der Waals surface area (Å²) in [5.41, 5.74) is 3.49. The van der Waals surface area contributed by atoms with Crippen molar-refractivity contribution in [3.8, 4) is 0 Å². The molecule has 1 aliphatic heterocycles. The van der Waals surface area contributed by atoms with Crippen molar-refractivity contribution in [3.05, 3.63) is 35.4 Å². The Hall–Kier alpha value is -0.237. The molecule has 3 aliphatic rings.